The lowest BCUT2D eigenvalue weighted by Gasteiger charge is -2.07. The molecule has 0 aromatic carbocycles. The lowest BCUT2D eigenvalue weighted by atomic mass is 10.1. The molecule has 14 heavy (non-hydrogen) atoms. The molecular weight excluding hydrogens is 180 g/mol. The SMILES string of the molecule is CC(C)CCOC(=O)CCCC(C)O. The van der Waals surface area contributed by atoms with Gasteiger partial charge in [-0.25, -0.2) is 0 Å². The lowest BCUT2D eigenvalue weighted by Crippen LogP contribution is -2.08. The molecule has 0 spiro atoms. The largest absolute Gasteiger partial charge is 0.466 e. The van der Waals surface area contributed by atoms with E-state index in [1.807, 2.05) is 0 Å². The minimum absolute atomic E-state index is 0.147. The summed E-state index contributed by atoms with van der Waals surface area (Å²) in [6, 6.07) is 0. The summed E-state index contributed by atoms with van der Waals surface area (Å²) in [6.45, 7) is 6.44. The third-order valence-electron chi connectivity index (χ3n) is 1.96. The number of aliphatic hydroxyl groups is 1. The van der Waals surface area contributed by atoms with E-state index in [2.05, 4.69) is 13.8 Å². The van der Waals surface area contributed by atoms with Crippen molar-refractivity contribution < 1.29 is 14.6 Å². The number of carbonyl (C=O) groups excluding carboxylic acids is 1. The molecule has 3 nitrogen and oxygen atoms in total. The predicted molar refractivity (Wildman–Crippen MR) is 55.9 cm³/mol. The van der Waals surface area contributed by atoms with Gasteiger partial charge >= 0.3 is 5.97 Å². The van der Waals surface area contributed by atoms with E-state index in [-0.39, 0.29) is 12.1 Å². The number of ether oxygens (including phenoxy) is 1. The number of rotatable bonds is 7. The molecule has 0 aliphatic heterocycles. The van der Waals surface area contributed by atoms with Gasteiger partial charge in [0.1, 0.15) is 0 Å². The molecule has 0 amide bonds. The number of carbonyl (C=O) groups is 1. The minimum atomic E-state index is -0.321. The summed E-state index contributed by atoms with van der Waals surface area (Å²) in [5.41, 5.74) is 0. The van der Waals surface area contributed by atoms with Gasteiger partial charge in [0.15, 0.2) is 0 Å². The first-order valence-electron chi connectivity index (χ1n) is 5.36. The van der Waals surface area contributed by atoms with Gasteiger partial charge in [0.25, 0.3) is 0 Å². The highest BCUT2D eigenvalue weighted by atomic mass is 16.5. The van der Waals surface area contributed by atoms with E-state index in [4.69, 9.17) is 9.84 Å². The van der Waals surface area contributed by atoms with Crippen molar-refractivity contribution in [1.29, 1.82) is 0 Å². The van der Waals surface area contributed by atoms with Crippen LogP contribution in [0.1, 0.15) is 46.5 Å². The summed E-state index contributed by atoms with van der Waals surface area (Å²) in [5, 5.41) is 8.96. The maximum Gasteiger partial charge on any atom is 0.305 e. The molecule has 0 saturated carbocycles. The van der Waals surface area contributed by atoms with Crippen molar-refractivity contribution >= 4 is 5.97 Å². The highest BCUT2D eigenvalue weighted by Gasteiger charge is 2.04. The minimum Gasteiger partial charge on any atom is -0.466 e. The quantitative estimate of drug-likeness (QED) is 0.643. The molecule has 0 aliphatic rings. The number of hydrogen-bond acceptors (Lipinski definition) is 3. The van der Waals surface area contributed by atoms with Crippen molar-refractivity contribution in [3.8, 4) is 0 Å². The Balaban J connectivity index is 3.28. The van der Waals surface area contributed by atoms with Crippen LogP contribution in [0.3, 0.4) is 0 Å². The maximum atomic E-state index is 11.1. The average molecular weight is 202 g/mol. The van der Waals surface area contributed by atoms with Crippen molar-refractivity contribution in [2.24, 2.45) is 5.92 Å². The smallest absolute Gasteiger partial charge is 0.305 e. The summed E-state index contributed by atoms with van der Waals surface area (Å²) in [6.07, 6.45) is 2.39. The topological polar surface area (TPSA) is 46.5 Å². The summed E-state index contributed by atoms with van der Waals surface area (Å²) >= 11 is 0. The van der Waals surface area contributed by atoms with Crippen LogP contribution in [0, 0.1) is 5.92 Å². The zero-order valence-corrected chi connectivity index (χ0v) is 9.45. The molecule has 0 saturated heterocycles. The molecule has 84 valence electrons. The fourth-order valence-corrected chi connectivity index (χ4v) is 1.02. The van der Waals surface area contributed by atoms with Gasteiger partial charge in [0.2, 0.25) is 0 Å². The van der Waals surface area contributed by atoms with E-state index < -0.39 is 0 Å². The van der Waals surface area contributed by atoms with Gasteiger partial charge in [-0.2, -0.15) is 0 Å². The summed E-state index contributed by atoms with van der Waals surface area (Å²) in [4.78, 5) is 11.1. The zero-order chi connectivity index (χ0) is 11.0. The van der Waals surface area contributed by atoms with Crippen LogP contribution in [-0.2, 0) is 9.53 Å². The van der Waals surface area contributed by atoms with E-state index in [9.17, 15) is 4.79 Å². The second kappa shape index (κ2) is 7.80. The molecular formula is C11H22O3. The van der Waals surface area contributed by atoms with Crippen LogP contribution in [0.25, 0.3) is 0 Å². The van der Waals surface area contributed by atoms with Gasteiger partial charge < -0.3 is 9.84 Å². The molecule has 0 aromatic rings. The van der Waals surface area contributed by atoms with Crippen molar-refractivity contribution in [3.63, 3.8) is 0 Å². The highest BCUT2D eigenvalue weighted by Crippen LogP contribution is 2.03. The first-order chi connectivity index (χ1) is 6.52. The molecule has 0 bridgehead atoms. The molecule has 0 rings (SSSR count). The van der Waals surface area contributed by atoms with Gasteiger partial charge in [-0.1, -0.05) is 13.8 Å². The van der Waals surface area contributed by atoms with Crippen molar-refractivity contribution in [2.45, 2.75) is 52.6 Å². The Morgan fingerprint density at radius 2 is 1.93 bits per heavy atom. The van der Waals surface area contributed by atoms with Gasteiger partial charge in [-0.3, -0.25) is 4.79 Å². The fourth-order valence-electron chi connectivity index (χ4n) is 1.02. The highest BCUT2D eigenvalue weighted by molar-refractivity contribution is 5.69. The fraction of sp³-hybridized carbons (Fsp3) is 0.909. The van der Waals surface area contributed by atoms with Crippen LogP contribution >= 0.6 is 0 Å². The molecule has 0 fully saturated rings. The number of hydrogen-bond donors (Lipinski definition) is 1. The van der Waals surface area contributed by atoms with Crippen molar-refractivity contribution in [3.05, 3.63) is 0 Å². The van der Waals surface area contributed by atoms with E-state index in [0.717, 1.165) is 6.42 Å². The monoisotopic (exact) mass is 202 g/mol. The zero-order valence-electron chi connectivity index (χ0n) is 9.45. The first-order valence-corrected chi connectivity index (χ1v) is 5.36. The Labute approximate surface area is 86.5 Å². The Kier molecular flexibility index (Phi) is 7.48. The van der Waals surface area contributed by atoms with Crippen LogP contribution in [-0.4, -0.2) is 23.8 Å². The van der Waals surface area contributed by atoms with E-state index in [1.54, 1.807) is 6.92 Å². The van der Waals surface area contributed by atoms with Crippen LogP contribution in [0.2, 0.25) is 0 Å². The third kappa shape index (κ3) is 9.52. The average Bonchev–Trinajstić information content (AvgIpc) is 2.02. The standard InChI is InChI=1S/C11H22O3/c1-9(2)7-8-14-11(13)6-4-5-10(3)12/h9-10,12H,4-8H2,1-3H3. The molecule has 1 atom stereocenters. The van der Waals surface area contributed by atoms with Crippen molar-refractivity contribution in [1.82, 2.24) is 0 Å². The Morgan fingerprint density at radius 1 is 1.29 bits per heavy atom. The van der Waals surface area contributed by atoms with Gasteiger partial charge in [-0.15, -0.1) is 0 Å². The van der Waals surface area contributed by atoms with Crippen LogP contribution in [0.4, 0.5) is 0 Å². The van der Waals surface area contributed by atoms with E-state index >= 15 is 0 Å². The molecule has 3 heteroatoms. The Bertz CT molecular complexity index is 137. The van der Waals surface area contributed by atoms with Gasteiger partial charge in [-0.05, 0) is 32.1 Å². The number of esters is 1. The molecule has 1 N–H and O–H groups in total. The Hall–Kier alpha value is -0.570. The lowest BCUT2D eigenvalue weighted by molar-refractivity contribution is -0.144. The van der Waals surface area contributed by atoms with Crippen LogP contribution < -0.4 is 0 Å². The van der Waals surface area contributed by atoms with E-state index in [1.165, 1.54) is 0 Å². The van der Waals surface area contributed by atoms with Gasteiger partial charge in [0, 0.05) is 6.42 Å². The van der Waals surface area contributed by atoms with E-state index in [0.29, 0.717) is 31.8 Å². The normalized spacial score (nSPS) is 12.9. The summed E-state index contributed by atoms with van der Waals surface area (Å²) < 4.78 is 5.01. The molecule has 0 radical (unpaired) electrons. The summed E-state index contributed by atoms with van der Waals surface area (Å²) in [7, 11) is 0. The first kappa shape index (κ1) is 13.4. The molecule has 1 unspecified atom stereocenters. The Morgan fingerprint density at radius 3 is 2.43 bits per heavy atom. The molecule has 0 aliphatic carbocycles. The second-order valence-corrected chi connectivity index (χ2v) is 4.14. The number of aliphatic hydroxyl groups excluding tert-OH is 1. The molecule has 0 aromatic heterocycles. The van der Waals surface area contributed by atoms with Gasteiger partial charge in [0.05, 0.1) is 12.7 Å². The van der Waals surface area contributed by atoms with Crippen LogP contribution in [0.15, 0.2) is 0 Å². The summed E-state index contributed by atoms with van der Waals surface area (Å²) in [5.74, 6) is 0.423. The predicted octanol–water partition coefficient (Wildman–Crippen LogP) is 2.13. The molecule has 0 heterocycles. The van der Waals surface area contributed by atoms with Crippen LogP contribution in [0.5, 0.6) is 0 Å². The third-order valence-corrected chi connectivity index (χ3v) is 1.96. The second-order valence-electron chi connectivity index (χ2n) is 4.14. The van der Waals surface area contributed by atoms with Crippen molar-refractivity contribution in [2.75, 3.05) is 6.61 Å². The maximum absolute atomic E-state index is 11.1.